The maximum atomic E-state index is 12.8. The van der Waals surface area contributed by atoms with E-state index in [0.29, 0.717) is 11.3 Å². The number of hydrogen-bond donors (Lipinski definition) is 1. The van der Waals surface area contributed by atoms with Gasteiger partial charge in [0.15, 0.2) is 0 Å². The van der Waals surface area contributed by atoms with Gasteiger partial charge in [-0.15, -0.1) is 0 Å². The lowest BCUT2D eigenvalue weighted by Gasteiger charge is -2.26. The summed E-state index contributed by atoms with van der Waals surface area (Å²) in [6.45, 7) is 0. The number of nitrogens with zero attached hydrogens (tertiary/aromatic N) is 1. The van der Waals surface area contributed by atoms with E-state index in [1.54, 1.807) is 31.3 Å². The Hall–Kier alpha value is -2.66. The van der Waals surface area contributed by atoms with Crippen LogP contribution in [-0.2, 0) is 21.5 Å². The molecule has 2 aliphatic carbocycles. The number of nitrogens with one attached hydrogen (secondary N) is 1. The monoisotopic (exact) mass is 364 g/mol. The molecule has 2 atom stereocenters. The molecule has 1 fully saturated rings. The molecule has 0 radical (unpaired) electrons. The van der Waals surface area contributed by atoms with Gasteiger partial charge >= 0.3 is 0 Å². The summed E-state index contributed by atoms with van der Waals surface area (Å²) in [7, 11) is 3.01. The molecule has 0 aliphatic heterocycles. The largest absolute Gasteiger partial charge is 0.326 e. The van der Waals surface area contributed by atoms with Crippen LogP contribution in [-0.4, -0.2) is 31.0 Å². The molecule has 27 heavy (non-hydrogen) atoms. The van der Waals surface area contributed by atoms with Gasteiger partial charge in [-0.05, 0) is 61.1 Å². The highest BCUT2D eigenvalue weighted by Crippen LogP contribution is 2.60. The molecule has 0 bridgehead atoms. The lowest BCUT2D eigenvalue weighted by molar-refractivity contribution is -0.117. The number of carbonyl (C=O) groups is 2. The molecule has 0 heterocycles. The van der Waals surface area contributed by atoms with E-state index in [2.05, 4.69) is 29.6 Å². The second-order valence-electron chi connectivity index (χ2n) is 7.48. The molecule has 5 nitrogen and oxygen atoms in total. The molecule has 2 aromatic rings. The first-order chi connectivity index (χ1) is 13.0. The van der Waals surface area contributed by atoms with E-state index in [1.807, 2.05) is 0 Å². The van der Waals surface area contributed by atoms with Crippen molar-refractivity contribution in [3.63, 3.8) is 0 Å². The predicted molar refractivity (Wildman–Crippen MR) is 103 cm³/mol. The maximum Gasteiger partial charge on any atom is 0.277 e. The standard InChI is InChI=1S/C22H24N2O3/c1-24(27-2)21(26)16-9-11-17(12-10-16)23-20(25)19-14-22(19)13-5-7-15-6-3-4-8-18(15)22/h3-4,6,8-12,19H,5,7,13-14H2,1-2H3,(H,23,25)/t19-,22-/m0/s1. The number of carbonyl (C=O) groups excluding carboxylic acids is 2. The average Bonchev–Trinajstić information content (AvgIpc) is 3.42. The number of anilines is 1. The van der Waals surface area contributed by atoms with E-state index >= 15 is 0 Å². The molecule has 1 saturated carbocycles. The molecule has 0 unspecified atom stereocenters. The molecule has 1 spiro atoms. The van der Waals surface area contributed by atoms with Gasteiger partial charge in [0.1, 0.15) is 0 Å². The van der Waals surface area contributed by atoms with E-state index in [-0.39, 0.29) is 23.1 Å². The smallest absolute Gasteiger partial charge is 0.277 e. The van der Waals surface area contributed by atoms with Crippen molar-refractivity contribution in [1.29, 1.82) is 0 Å². The fourth-order valence-corrected chi connectivity index (χ4v) is 4.37. The minimum Gasteiger partial charge on any atom is -0.326 e. The van der Waals surface area contributed by atoms with Crippen LogP contribution >= 0.6 is 0 Å². The molecule has 5 heteroatoms. The van der Waals surface area contributed by atoms with Crippen molar-refractivity contribution < 1.29 is 14.4 Å². The molecule has 0 saturated heterocycles. The molecule has 140 valence electrons. The molecular formula is C22H24N2O3. The van der Waals surface area contributed by atoms with Gasteiger partial charge in [-0.2, -0.15) is 0 Å². The second kappa shape index (κ2) is 6.82. The summed E-state index contributed by atoms with van der Waals surface area (Å²) in [5.41, 5.74) is 4.00. The molecule has 2 amide bonds. The second-order valence-corrected chi connectivity index (χ2v) is 7.48. The maximum absolute atomic E-state index is 12.8. The fourth-order valence-electron chi connectivity index (χ4n) is 4.37. The van der Waals surface area contributed by atoms with Crippen molar-refractivity contribution in [2.75, 3.05) is 19.5 Å². The van der Waals surface area contributed by atoms with Crippen LogP contribution in [0.2, 0.25) is 0 Å². The van der Waals surface area contributed by atoms with Gasteiger partial charge < -0.3 is 5.32 Å². The lowest BCUT2D eigenvalue weighted by Crippen LogP contribution is -2.25. The predicted octanol–water partition coefficient (Wildman–Crippen LogP) is 3.55. The van der Waals surface area contributed by atoms with Crippen molar-refractivity contribution in [2.24, 2.45) is 5.92 Å². The van der Waals surface area contributed by atoms with Crippen LogP contribution in [0.1, 0.15) is 40.7 Å². The lowest BCUT2D eigenvalue weighted by atomic mass is 9.78. The van der Waals surface area contributed by atoms with Crippen LogP contribution in [0.3, 0.4) is 0 Å². The van der Waals surface area contributed by atoms with E-state index in [9.17, 15) is 9.59 Å². The molecular weight excluding hydrogens is 340 g/mol. The fraction of sp³-hybridized carbons (Fsp3) is 0.364. The van der Waals surface area contributed by atoms with Gasteiger partial charge in [0.05, 0.1) is 7.11 Å². The molecule has 0 aromatic heterocycles. The van der Waals surface area contributed by atoms with E-state index < -0.39 is 0 Å². The van der Waals surface area contributed by atoms with Gasteiger partial charge in [-0.1, -0.05) is 24.3 Å². The summed E-state index contributed by atoms with van der Waals surface area (Å²) >= 11 is 0. The number of fused-ring (bicyclic) bond motifs is 2. The van der Waals surface area contributed by atoms with E-state index in [4.69, 9.17) is 4.84 Å². The Morgan fingerprint density at radius 1 is 1.15 bits per heavy atom. The number of hydroxylamine groups is 2. The zero-order chi connectivity index (χ0) is 19.0. The highest BCUT2D eigenvalue weighted by molar-refractivity contribution is 5.97. The molecule has 2 aliphatic rings. The first-order valence-electron chi connectivity index (χ1n) is 9.36. The first kappa shape index (κ1) is 17.7. The van der Waals surface area contributed by atoms with Crippen LogP contribution in [0.15, 0.2) is 48.5 Å². The normalized spacial score (nSPS) is 22.8. The molecule has 2 aromatic carbocycles. The van der Waals surface area contributed by atoms with Crippen LogP contribution in [0.4, 0.5) is 5.69 Å². The number of aryl methyl sites for hydroxylation is 1. The van der Waals surface area contributed by atoms with Gasteiger partial charge in [-0.3, -0.25) is 14.4 Å². The number of benzene rings is 2. The van der Waals surface area contributed by atoms with Crippen molar-refractivity contribution in [2.45, 2.75) is 31.1 Å². The Bertz CT molecular complexity index is 877. The SMILES string of the molecule is CON(C)C(=O)c1ccc(NC(=O)[C@@H]2C[C@]23CCCc2ccccc23)cc1. The number of amides is 2. The zero-order valence-electron chi connectivity index (χ0n) is 15.7. The minimum atomic E-state index is -0.227. The topological polar surface area (TPSA) is 58.6 Å². The van der Waals surface area contributed by atoms with Gasteiger partial charge in [0.2, 0.25) is 5.91 Å². The van der Waals surface area contributed by atoms with Crippen molar-refractivity contribution in [3.8, 4) is 0 Å². The van der Waals surface area contributed by atoms with Crippen LogP contribution < -0.4 is 5.32 Å². The van der Waals surface area contributed by atoms with E-state index in [1.165, 1.54) is 23.3 Å². The van der Waals surface area contributed by atoms with Crippen molar-refractivity contribution in [1.82, 2.24) is 5.06 Å². The highest BCUT2D eigenvalue weighted by Gasteiger charge is 2.60. The van der Waals surface area contributed by atoms with Crippen molar-refractivity contribution in [3.05, 3.63) is 65.2 Å². The molecule has 4 rings (SSSR count). The Kier molecular flexibility index (Phi) is 4.48. The average molecular weight is 364 g/mol. The Morgan fingerprint density at radius 2 is 1.89 bits per heavy atom. The van der Waals surface area contributed by atoms with Crippen LogP contribution in [0.25, 0.3) is 0 Å². The highest BCUT2D eigenvalue weighted by atomic mass is 16.7. The Labute approximate surface area is 159 Å². The minimum absolute atomic E-state index is 0.0238. The summed E-state index contributed by atoms with van der Waals surface area (Å²) in [5.74, 6) is -0.130. The van der Waals surface area contributed by atoms with Crippen LogP contribution in [0.5, 0.6) is 0 Å². The first-order valence-corrected chi connectivity index (χ1v) is 9.36. The summed E-state index contributed by atoms with van der Waals surface area (Å²) < 4.78 is 0. The van der Waals surface area contributed by atoms with Gasteiger partial charge in [0.25, 0.3) is 5.91 Å². The van der Waals surface area contributed by atoms with E-state index in [0.717, 1.165) is 25.7 Å². The van der Waals surface area contributed by atoms with Crippen molar-refractivity contribution >= 4 is 17.5 Å². The Balaban J connectivity index is 1.45. The third-order valence-electron chi connectivity index (χ3n) is 5.97. The third-order valence-corrected chi connectivity index (χ3v) is 5.97. The third kappa shape index (κ3) is 3.12. The van der Waals surface area contributed by atoms with Gasteiger partial charge in [-0.25, -0.2) is 5.06 Å². The van der Waals surface area contributed by atoms with Crippen LogP contribution in [0, 0.1) is 5.92 Å². The Morgan fingerprint density at radius 3 is 2.63 bits per heavy atom. The number of rotatable bonds is 4. The number of hydrogen-bond acceptors (Lipinski definition) is 3. The summed E-state index contributed by atoms with van der Waals surface area (Å²) in [6, 6.07) is 15.5. The quantitative estimate of drug-likeness (QED) is 0.844. The summed E-state index contributed by atoms with van der Waals surface area (Å²) in [6.07, 6.45) is 4.26. The molecule has 1 N–H and O–H groups in total. The zero-order valence-corrected chi connectivity index (χ0v) is 15.7. The van der Waals surface area contributed by atoms with Gasteiger partial charge in [0, 0.05) is 29.6 Å². The summed E-state index contributed by atoms with van der Waals surface area (Å²) in [4.78, 5) is 29.8. The summed E-state index contributed by atoms with van der Waals surface area (Å²) in [5, 5.41) is 4.19.